The summed E-state index contributed by atoms with van der Waals surface area (Å²) in [7, 11) is -3.72. The summed E-state index contributed by atoms with van der Waals surface area (Å²) in [6.07, 6.45) is -6.87. The molecule has 0 radical (unpaired) electrons. The monoisotopic (exact) mass is 1470 g/mol. The summed E-state index contributed by atoms with van der Waals surface area (Å²) in [4.78, 5) is 75.7. The molecule has 21 nitrogen and oxygen atoms in total. The van der Waals surface area contributed by atoms with Crippen molar-refractivity contribution in [3.05, 3.63) is 231 Å². The number of nitrogens with one attached hydrogen (secondary N) is 4. The molecule has 6 N–H and O–H groups in total. The number of carboxylic acids is 1. The van der Waals surface area contributed by atoms with Crippen molar-refractivity contribution in [2.45, 2.75) is 108 Å². The number of carboxylic acid groups (broad SMARTS) is 1. The number of hydrogen-bond donors (Lipinski definition) is 6. The van der Waals surface area contributed by atoms with E-state index in [1.54, 1.807) is 72.8 Å². The van der Waals surface area contributed by atoms with Crippen molar-refractivity contribution >= 4 is 62.7 Å². The first kappa shape index (κ1) is 71.1. The van der Waals surface area contributed by atoms with Gasteiger partial charge in [0.05, 0.1) is 40.2 Å². The molecular formula is C78H62F6N4O17S. The van der Waals surface area contributed by atoms with Crippen LogP contribution in [0.1, 0.15) is 114 Å². The standard InChI is InChI=1S/C26H22F2N2O6S.C26H21F2NO6.C26H19F2NO5/c1-15-6-8-19(14-20(15)16-4-3-5-17(12-16)23(31)30-37(2,33)34)29-24(32)25(10-11-25)18-7-9-21-22(13-18)36-26(27,28)35-21;1-14-2-6-18(12-19(14)15-3-4-16(13-30)20(10-15)23(31)32)29-24(33)25(8-9-25)17-5-7-21-22(11-17)35-26(27,28)34-21;1-14-2-6-18(12-19(14)15-3-4-16-13-32-23(30)20(16)10-15)29-24(31)25(8-9-25)17-5-7-21-22(11-17)34-26(27,28)33-21/h3-9,12-14H,10-11H2,1-2H3,(H,29,32)(H,30,31);2-7,10-12,30H,8-9,13H2,1H3,(H,29,33)(H,31,32);2-7,10-12H,8-9,13H2,1H3,(H,29,31). The maximum Gasteiger partial charge on any atom is 0.586 e. The zero-order valence-corrected chi connectivity index (χ0v) is 57.3. The number of carbonyl (C=O) groups is 6. The molecule has 7 aliphatic rings. The number of benzene rings is 9. The molecule has 0 atom stereocenters. The molecule has 0 aromatic heterocycles. The first-order chi connectivity index (χ1) is 50.2. The molecule has 9 aromatic carbocycles. The van der Waals surface area contributed by atoms with Crippen molar-refractivity contribution in [1.29, 1.82) is 0 Å². The van der Waals surface area contributed by atoms with Crippen LogP contribution in [0.4, 0.5) is 43.4 Å². The number of alkyl halides is 6. The van der Waals surface area contributed by atoms with Gasteiger partial charge in [-0.25, -0.2) is 22.7 Å². The van der Waals surface area contributed by atoms with Gasteiger partial charge in [-0.05, 0) is 229 Å². The second-order valence-corrected chi connectivity index (χ2v) is 28.5. The molecule has 16 rings (SSSR count). The highest BCUT2D eigenvalue weighted by Crippen LogP contribution is 2.56. The van der Waals surface area contributed by atoms with Gasteiger partial charge >= 0.3 is 30.8 Å². The summed E-state index contributed by atoms with van der Waals surface area (Å²) in [5, 5.41) is 27.7. The Hall–Kier alpha value is -11.9. The minimum atomic E-state index is -3.74. The summed E-state index contributed by atoms with van der Waals surface area (Å²) < 4.78 is 137. The first-order valence-electron chi connectivity index (χ1n) is 33.1. The highest BCUT2D eigenvalue weighted by Gasteiger charge is 2.56. The maximum atomic E-state index is 13.4. The summed E-state index contributed by atoms with van der Waals surface area (Å²) >= 11 is 0. The van der Waals surface area contributed by atoms with Crippen LogP contribution in [0.3, 0.4) is 0 Å². The molecule has 0 bridgehead atoms. The molecule has 4 heterocycles. The Bertz CT molecular complexity index is 5330. The zero-order chi connectivity index (χ0) is 75.2. The van der Waals surface area contributed by atoms with Gasteiger partial charge in [0, 0.05) is 28.2 Å². The van der Waals surface area contributed by atoms with E-state index in [1.165, 1.54) is 48.5 Å². The van der Waals surface area contributed by atoms with Crippen molar-refractivity contribution in [2.24, 2.45) is 0 Å². The minimum Gasteiger partial charge on any atom is -0.478 e. The van der Waals surface area contributed by atoms with E-state index in [-0.39, 0.29) is 75.9 Å². The number of aliphatic hydroxyl groups excluding tert-OH is 1. The van der Waals surface area contributed by atoms with Crippen LogP contribution in [-0.2, 0) is 58.6 Å². The second kappa shape index (κ2) is 26.4. The fraction of sp³-hybridized carbons (Fsp3) is 0.231. The number of rotatable bonds is 16. The van der Waals surface area contributed by atoms with Crippen LogP contribution in [0.2, 0.25) is 0 Å². The molecule has 3 aliphatic carbocycles. The predicted molar refractivity (Wildman–Crippen MR) is 371 cm³/mol. The summed E-state index contributed by atoms with van der Waals surface area (Å²) in [6.45, 7) is 5.58. The van der Waals surface area contributed by atoms with Crippen LogP contribution in [0.5, 0.6) is 34.5 Å². The summed E-state index contributed by atoms with van der Waals surface area (Å²) in [5.41, 5.74) is 9.92. The quantitative estimate of drug-likeness (QED) is 0.0387. The van der Waals surface area contributed by atoms with Gasteiger partial charge in [0.25, 0.3) is 5.91 Å². The van der Waals surface area contributed by atoms with E-state index < -0.39 is 63.6 Å². The number of hydrogen-bond acceptors (Lipinski definition) is 16. The summed E-state index contributed by atoms with van der Waals surface area (Å²) in [6, 6.07) is 46.3. The fourth-order valence-electron chi connectivity index (χ4n) is 13.3. The van der Waals surface area contributed by atoms with Crippen LogP contribution < -0.4 is 49.1 Å². The van der Waals surface area contributed by atoms with Crippen molar-refractivity contribution in [3.63, 3.8) is 0 Å². The third-order valence-electron chi connectivity index (χ3n) is 19.4. The van der Waals surface area contributed by atoms with Gasteiger partial charge in [0.1, 0.15) is 6.61 Å². The highest BCUT2D eigenvalue weighted by molar-refractivity contribution is 7.89. The van der Waals surface area contributed by atoms with E-state index in [2.05, 4.69) is 44.4 Å². The van der Waals surface area contributed by atoms with Gasteiger partial charge in [0.2, 0.25) is 27.7 Å². The Morgan fingerprint density at radius 2 is 0.840 bits per heavy atom. The third-order valence-corrected chi connectivity index (χ3v) is 20.0. The molecular weight excluding hydrogens is 1410 g/mol. The summed E-state index contributed by atoms with van der Waals surface area (Å²) in [5.74, 6) is -3.51. The van der Waals surface area contributed by atoms with Crippen LogP contribution in [0, 0.1) is 20.8 Å². The number of halogens is 6. The number of ether oxygens (including phenoxy) is 7. The Labute approximate surface area is 600 Å². The lowest BCUT2D eigenvalue weighted by Gasteiger charge is -2.17. The van der Waals surface area contributed by atoms with Gasteiger partial charge in [-0.3, -0.25) is 19.2 Å². The molecule has 0 spiro atoms. The van der Waals surface area contributed by atoms with Gasteiger partial charge in [-0.15, -0.1) is 26.3 Å². The van der Waals surface area contributed by atoms with E-state index in [1.807, 2.05) is 74.0 Å². The lowest BCUT2D eigenvalue weighted by Crippen LogP contribution is -2.29. The van der Waals surface area contributed by atoms with E-state index >= 15 is 0 Å². The highest BCUT2D eigenvalue weighted by atomic mass is 32.2. The number of sulfonamides is 1. The molecule has 0 saturated heterocycles. The van der Waals surface area contributed by atoms with Crippen LogP contribution in [0.25, 0.3) is 33.4 Å². The zero-order valence-electron chi connectivity index (χ0n) is 56.5. The molecule has 3 fully saturated rings. The molecule has 106 heavy (non-hydrogen) atoms. The Morgan fingerprint density at radius 1 is 0.453 bits per heavy atom. The van der Waals surface area contributed by atoms with Crippen LogP contribution in [-0.4, -0.2) is 79.3 Å². The Morgan fingerprint density at radius 3 is 1.23 bits per heavy atom. The molecule has 0 unspecified atom stereocenters. The first-order valence-corrected chi connectivity index (χ1v) is 35.0. The third kappa shape index (κ3) is 14.3. The van der Waals surface area contributed by atoms with Gasteiger partial charge in [-0.2, -0.15) is 0 Å². The predicted octanol–water partition coefficient (Wildman–Crippen LogP) is 14.5. The van der Waals surface area contributed by atoms with Crippen LogP contribution in [0.15, 0.2) is 170 Å². The van der Waals surface area contributed by atoms with Gasteiger partial charge < -0.3 is 59.3 Å². The molecule has 3 saturated carbocycles. The maximum absolute atomic E-state index is 13.4. The number of esters is 1. The largest absolute Gasteiger partial charge is 0.586 e. The average Bonchev–Trinajstić information content (AvgIpc) is 1.59. The molecule has 9 aromatic rings. The molecule has 4 amide bonds. The second-order valence-electron chi connectivity index (χ2n) is 26.8. The van der Waals surface area contributed by atoms with Crippen molar-refractivity contribution in [2.75, 3.05) is 22.2 Å². The van der Waals surface area contributed by atoms with Gasteiger partial charge in [0.15, 0.2) is 34.5 Å². The van der Waals surface area contributed by atoms with E-state index in [0.717, 1.165) is 50.8 Å². The number of amides is 4. The lowest BCUT2D eigenvalue weighted by molar-refractivity contribution is -0.287. The topological polar surface area (TPSA) is 290 Å². The van der Waals surface area contributed by atoms with Gasteiger partial charge in [-0.1, -0.05) is 72.8 Å². The van der Waals surface area contributed by atoms with Crippen molar-refractivity contribution in [1.82, 2.24) is 4.72 Å². The Balaban J connectivity index is 0.000000134. The fourth-order valence-corrected chi connectivity index (χ4v) is 13.7. The molecule has 544 valence electrons. The number of fused-ring (bicyclic) bond motifs is 4. The minimum absolute atomic E-state index is 0.00385. The normalized spacial score (nSPS) is 17.1. The lowest BCUT2D eigenvalue weighted by atomic mass is 9.93. The number of anilines is 3. The number of aromatic carboxylic acids is 1. The SMILES string of the molecule is Cc1ccc(NC(=O)C2(c3ccc4c(c3)OC(F)(F)O4)CC2)cc1-c1ccc(CO)c(C(=O)O)c1.Cc1ccc(NC(=O)C2(c3ccc4c(c3)OC(F)(F)O4)CC2)cc1-c1ccc2c(c1)C(=O)OC2.Cc1ccc(NC(=O)C2(c3ccc4c(c3)OC(F)(F)O4)CC2)cc1-c1cccc(C(=O)NS(C)(=O)=O)c1. The van der Waals surface area contributed by atoms with E-state index in [9.17, 15) is 73.7 Å². The molecule has 28 heteroatoms. The average molecular weight is 1470 g/mol. The number of carbonyl (C=O) groups excluding carboxylic acids is 5. The van der Waals surface area contributed by atoms with E-state index in [4.69, 9.17) is 4.74 Å². The van der Waals surface area contributed by atoms with Crippen molar-refractivity contribution in [3.8, 4) is 67.9 Å². The number of aliphatic hydroxyl groups is 1. The van der Waals surface area contributed by atoms with Crippen LogP contribution >= 0.6 is 0 Å². The molecule has 4 aliphatic heterocycles. The number of aryl methyl sites for hydroxylation is 3. The van der Waals surface area contributed by atoms with Crippen molar-refractivity contribution < 1.29 is 107 Å². The number of cyclic esters (lactones) is 1. The Kier molecular flexibility index (Phi) is 17.7. The van der Waals surface area contributed by atoms with E-state index in [0.29, 0.717) is 94.5 Å². The smallest absolute Gasteiger partial charge is 0.478 e.